The van der Waals surface area contributed by atoms with Crippen LogP contribution in [-0.4, -0.2) is 35.2 Å². The Hall–Kier alpha value is -2.46. The maximum Gasteiger partial charge on any atom is 0.417 e. The third kappa shape index (κ3) is 5.13. The summed E-state index contributed by atoms with van der Waals surface area (Å²) in [5.74, 6) is 0.993. The average molecular weight is 429 g/mol. The molecule has 0 bridgehead atoms. The lowest BCUT2D eigenvalue weighted by molar-refractivity contribution is -0.139. The number of ether oxygens (including phenoxy) is 1. The van der Waals surface area contributed by atoms with Gasteiger partial charge >= 0.3 is 6.18 Å². The van der Waals surface area contributed by atoms with Crippen LogP contribution in [0.5, 0.6) is 5.75 Å². The van der Waals surface area contributed by atoms with Gasteiger partial charge < -0.3 is 15.0 Å². The Bertz CT molecular complexity index is 980. The highest BCUT2D eigenvalue weighted by molar-refractivity contribution is 7.89. The first-order chi connectivity index (χ1) is 13.6. The monoisotopic (exact) mass is 429 g/mol. The standard InChI is InChI=1S/C19H22F3N3O3S/c1-28-16-4-2-3-15(10-16)25-8-7-13(12-25)11-24-14-5-6-18(29(23,26)27)17(9-14)19(20,21)22/h2-6,9-10,13,24H,7-8,11-12H2,1H3,(H2,23,26,27). The molecule has 1 heterocycles. The highest BCUT2D eigenvalue weighted by Crippen LogP contribution is 2.35. The third-order valence-electron chi connectivity index (χ3n) is 4.89. The molecule has 0 spiro atoms. The fourth-order valence-corrected chi connectivity index (χ4v) is 4.15. The Kier molecular flexibility index (Phi) is 5.95. The SMILES string of the molecule is COc1cccc(N2CCC(CNc3ccc(S(N)(=O)=O)c(C(F)(F)F)c3)C2)c1. The normalized spacial score (nSPS) is 17.4. The summed E-state index contributed by atoms with van der Waals surface area (Å²) in [5, 5.41) is 7.89. The van der Waals surface area contributed by atoms with Crippen LogP contribution in [-0.2, 0) is 16.2 Å². The molecule has 10 heteroatoms. The van der Waals surface area contributed by atoms with E-state index in [1.54, 1.807) is 7.11 Å². The van der Waals surface area contributed by atoms with Gasteiger partial charge in [-0.1, -0.05) is 6.07 Å². The lowest BCUT2D eigenvalue weighted by Crippen LogP contribution is -2.23. The lowest BCUT2D eigenvalue weighted by atomic mass is 10.1. The largest absolute Gasteiger partial charge is 0.497 e. The smallest absolute Gasteiger partial charge is 0.417 e. The van der Waals surface area contributed by atoms with Crippen LogP contribution in [0.3, 0.4) is 0 Å². The van der Waals surface area contributed by atoms with Crippen molar-refractivity contribution in [2.24, 2.45) is 11.1 Å². The minimum Gasteiger partial charge on any atom is -0.497 e. The molecule has 0 aromatic heterocycles. The summed E-state index contributed by atoms with van der Waals surface area (Å²) < 4.78 is 67.8. The molecule has 0 amide bonds. The number of hydrogen-bond donors (Lipinski definition) is 2. The zero-order valence-electron chi connectivity index (χ0n) is 15.7. The van der Waals surface area contributed by atoms with E-state index in [0.29, 0.717) is 6.54 Å². The molecular formula is C19H22F3N3O3S. The van der Waals surface area contributed by atoms with Gasteiger partial charge in [-0.3, -0.25) is 0 Å². The first-order valence-electron chi connectivity index (χ1n) is 8.95. The minimum absolute atomic E-state index is 0.199. The van der Waals surface area contributed by atoms with E-state index in [2.05, 4.69) is 10.2 Å². The molecule has 1 aliphatic rings. The van der Waals surface area contributed by atoms with Gasteiger partial charge in [0.15, 0.2) is 0 Å². The fraction of sp³-hybridized carbons (Fsp3) is 0.368. The summed E-state index contributed by atoms with van der Waals surface area (Å²) in [6.07, 6.45) is -3.94. The highest BCUT2D eigenvalue weighted by atomic mass is 32.2. The Morgan fingerprint density at radius 3 is 2.66 bits per heavy atom. The second-order valence-electron chi connectivity index (χ2n) is 6.94. The van der Waals surface area contributed by atoms with Crippen molar-refractivity contribution < 1.29 is 26.3 Å². The summed E-state index contributed by atoms with van der Waals surface area (Å²) in [6, 6.07) is 10.7. The second-order valence-corrected chi connectivity index (χ2v) is 8.47. The molecular weight excluding hydrogens is 407 g/mol. The van der Waals surface area contributed by atoms with Gasteiger partial charge in [0.1, 0.15) is 5.75 Å². The quantitative estimate of drug-likeness (QED) is 0.736. The Morgan fingerprint density at radius 2 is 2.00 bits per heavy atom. The molecule has 0 saturated carbocycles. The maximum atomic E-state index is 13.2. The van der Waals surface area contributed by atoms with Gasteiger partial charge in [-0.05, 0) is 42.7 Å². The number of rotatable bonds is 6. The predicted molar refractivity (Wildman–Crippen MR) is 105 cm³/mol. The number of methoxy groups -OCH3 is 1. The van der Waals surface area contributed by atoms with Crippen LogP contribution in [0.25, 0.3) is 0 Å². The lowest BCUT2D eigenvalue weighted by Gasteiger charge is -2.20. The Labute approximate surface area is 167 Å². The predicted octanol–water partition coefficient (Wildman–Crippen LogP) is 3.30. The molecule has 3 rings (SSSR count). The van der Waals surface area contributed by atoms with Crippen molar-refractivity contribution >= 4 is 21.4 Å². The minimum atomic E-state index is -4.82. The molecule has 1 fully saturated rings. The Morgan fingerprint density at radius 1 is 1.24 bits per heavy atom. The van der Waals surface area contributed by atoms with E-state index in [0.717, 1.165) is 43.1 Å². The molecule has 0 aliphatic carbocycles. The summed E-state index contributed by atoms with van der Waals surface area (Å²) in [5.41, 5.74) is -0.0392. The summed E-state index contributed by atoms with van der Waals surface area (Å²) in [7, 11) is -2.87. The van der Waals surface area contributed by atoms with Gasteiger partial charge in [-0.2, -0.15) is 13.2 Å². The van der Waals surface area contributed by atoms with E-state index in [9.17, 15) is 21.6 Å². The van der Waals surface area contributed by atoms with Crippen molar-refractivity contribution in [2.45, 2.75) is 17.5 Å². The van der Waals surface area contributed by atoms with Gasteiger partial charge in [-0.25, -0.2) is 13.6 Å². The van der Waals surface area contributed by atoms with Crippen molar-refractivity contribution in [3.63, 3.8) is 0 Å². The van der Waals surface area contributed by atoms with Crippen LogP contribution in [0.4, 0.5) is 24.5 Å². The molecule has 1 saturated heterocycles. The molecule has 0 radical (unpaired) electrons. The number of nitrogens with one attached hydrogen (secondary N) is 1. The fourth-order valence-electron chi connectivity index (χ4n) is 3.41. The molecule has 158 valence electrons. The van der Waals surface area contributed by atoms with Crippen LogP contribution >= 0.6 is 0 Å². The van der Waals surface area contributed by atoms with Crippen LogP contribution in [0, 0.1) is 5.92 Å². The molecule has 1 aliphatic heterocycles. The Balaban J connectivity index is 1.67. The van der Waals surface area contributed by atoms with E-state index in [1.807, 2.05) is 24.3 Å². The van der Waals surface area contributed by atoms with E-state index < -0.39 is 26.7 Å². The topological polar surface area (TPSA) is 84.7 Å². The number of anilines is 2. The number of nitrogens with two attached hydrogens (primary N) is 1. The molecule has 2 aromatic rings. The second kappa shape index (κ2) is 8.11. The number of alkyl halides is 3. The molecule has 3 N–H and O–H groups in total. The number of hydrogen-bond acceptors (Lipinski definition) is 5. The summed E-state index contributed by atoms with van der Waals surface area (Å²) in [6.45, 7) is 2.05. The molecule has 1 unspecified atom stereocenters. The van der Waals surface area contributed by atoms with Gasteiger partial charge in [0, 0.05) is 37.1 Å². The zero-order chi connectivity index (χ0) is 21.2. The number of nitrogens with zero attached hydrogens (tertiary/aromatic N) is 1. The van der Waals surface area contributed by atoms with Crippen molar-refractivity contribution in [1.29, 1.82) is 0 Å². The van der Waals surface area contributed by atoms with E-state index >= 15 is 0 Å². The third-order valence-corrected chi connectivity index (χ3v) is 5.86. The number of halogens is 3. The molecule has 1 atom stereocenters. The molecule has 29 heavy (non-hydrogen) atoms. The van der Waals surface area contributed by atoms with Crippen molar-refractivity contribution in [1.82, 2.24) is 0 Å². The van der Waals surface area contributed by atoms with Crippen LogP contribution < -0.4 is 20.1 Å². The summed E-state index contributed by atoms with van der Waals surface area (Å²) in [4.78, 5) is 1.26. The van der Waals surface area contributed by atoms with E-state index in [1.165, 1.54) is 6.07 Å². The van der Waals surface area contributed by atoms with Gasteiger partial charge in [0.2, 0.25) is 10.0 Å². The van der Waals surface area contributed by atoms with Crippen LogP contribution in [0.1, 0.15) is 12.0 Å². The average Bonchev–Trinajstić information content (AvgIpc) is 3.14. The van der Waals surface area contributed by atoms with Gasteiger partial charge in [0.05, 0.1) is 17.6 Å². The van der Waals surface area contributed by atoms with Crippen molar-refractivity contribution in [3.8, 4) is 5.75 Å². The number of sulfonamides is 1. The highest BCUT2D eigenvalue weighted by Gasteiger charge is 2.36. The van der Waals surface area contributed by atoms with Crippen molar-refractivity contribution in [2.75, 3.05) is 37.0 Å². The van der Waals surface area contributed by atoms with Crippen LogP contribution in [0.15, 0.2) is 47.4 Å². The summed E-state index contributed by atoms with van der Waals surface area (Å²) >= 11 is 0. The molecule has 2 aromatic carbocycles. The van der Waals surface area contributed by atoms with Crippen molar-refractivity contribution in [3.05, 3.63) is 48.0 Å². The van der Waals surface area contributed by atoms with E-state index in [4.69, 9.17) is 9.88 Å². The van der Waals surface area contributed by atoms with E-state index in [-0.39, 0.29) is 11.6 Å². The van der Waals surface area contributed by atoms with Gasteiger partial charge in [0.25, 0.3) is 0 Å². The number of primary sulfonamides is 1. The first-order valence-corrected chi connectivity index (χ1v) is 10.5. The maximum absolute atomic E-state index is 13.2. The molecule has 6 nitrogen and oxygen atoms in total. The van der Waals surface area contributed by atoms with Crippen LogP contribution in [0.2, 0.25) is 0 Å². The first kappa shape index (κ1) is 21.3. The van der Waals surface area contributed by atoms with Gasteiger partial charge in [-0.15, -0.1) is 0 Å². The zero-order valence-corrected chi connectivity index (χ0v) is 16.6. The number of benzene rings is 2.